The molecule has 1 atom stereocenters. The van der Waals surface area contributed by atoms with Gasteiger partial charge in [-0.05, 0) is 42.3 Å². The van der Waals surface area contributed by atoms with Crippen LogP contribution in [0.5, 0.6) is 0 Å². The molecule has 0 aliphatic rings. The van der Waals surface area contributed by atoms with E-state index in [0.717, 1.165) is 20.1 Å². The maximum absolute atomic E-state index is 14.0. The van der Waals surface area contributed by atoms with Crippen LogP contribution in [0.3, 0.4) is 0 Å². The van der Waals surface area contributed by atoms with E-state index < -0.39 is 0 Å². The molecule has 0 saturated heterocycles. The first-order chi connectivity index (χ1) is 8.91. The second kappa shape index (κ2) is 6.25. The summed E-state index contributed by atoms with van der Waals surface area (Å²) in [4.78, 5) is -0.313. The average Bonchev–Trinajstić information content (AvgIpc) is 2.33. The first-order valence-corrected chi connectivity index (χ1v) is 8.33. The molecule has 100 valence electrons. The van der Waals surface area contributed by atoms with Crippen molar-refractivity contribution in [2.75, 3.05) is 0 Å². The molecule has 2 aromatic rings. The zero-order valence-corrected chi connectivity index (χ0v) is 15.4. The van der Waals surface area contributed by atoms with Gasteiger partial charge in [0, 0.05) is 19.5 Å². The second-order valence-corrected chi connectivity index (χ2v) is 7.15. The lowest BCUT2D eigenvalue weighted by Crippen LogP contribution is -1.99. The Morgan fingerprint density at radius 3 is 2.47 bits per heavy atom. The van der Waals surface area contributed by atoms with E-state index in [1.807, 2.05) is 19.1 Å². The summed E-state index contributed by atoms with van der Waals surface area (Å²) in [5.74, 6) is -0.321. The third kappa shape index (κ3) is 3.23. The molecule has 19 heavy (non-hydrogen) atoms. The average molecular weight is 471 g/mol. The zero-order chi connectivity index (χ0) is 14.2. The van der Waals surface area contributed by atoms with E-state index in [2.05, 4.69) is 47.8 Å². The highest BCUT2D eigenvalue weighted by Gasteiger charge is 2.21. The highest BCUT2D eigenvalue weighted by molar-refractivity contribution is 9.11. The van der Waals surface area contributed by atoms with E-state index >= 15 is 0 Å². The summed E-state index contributed by atoms with van der Waals surface area (Å²) in [6, 6.07) is 8.64. The molecular weight excluding hydrogens is 462 g/mol. The number of hydrogen-bond acceptors (Lipinski definition) is 0. The van der Waals surface area contributed by atoms with Crippen molar-refractivity contribution < 1.29 is 4.39 Å². The fraction of sp³-hybridized carbons (Fsp3) is 0.143. The molecule has 2 rings (SSSR count). The Kier molecular flexibility index (Phi) is 5.09. The summed E-state index contributed by atoms with van der Waals surface area (Å²) in [5.41, 5.74) is 2.47. The van der Waals surface area contributed by atoms with Crippen molar-refractivity contribution in [3.63, 3.8) is 0 Å². The Balaban J connectivity index is 2.56. The normalized spacial score (nSPS) is 12.5. The molecule has 0 aromatic heterocycles. The van der Waals surface area contributed by atoms with Crippen molar-refractivity contribution in [2.45, 2.75) is 11.8 Å². The predicted octanol–water partition coefficient (Wildman–Crippen LogP) is 6.80. The second-order valence-electron chi connectivity index (χ2n) is 4.12. The van der Waals surface area contributed by atoms with Crippen molar-refractivity contribution >= 4 is 59.4 Å². The van der Waals surface area contributed by atoms with Gasteiger partial charge in [-0.25, -0.2) is 4.39 Å². The Morgan fingerprint density at radius 2 is 1.84 bits per heavy atom. The van der Waals surface area contributed by atoms with Crippen LogP contribution in [0.25, 0.3) is 0 Å². The highest BCUT2D eigenvalue weighted by Crippen LogP contribution is 2.41. The molecule has 0 fully saturated rings. The summed E-state index contributed by atoms with van der Waals surface area (Å²) < 4.78 is 15.8. The molecule has 0 amide bonds. The quantitative estimate of drug-likeness (QED) is 0.423. The molecule has 0 heterocycles. The summed E-state index contributed by atoms with van der Waals surface area (Å²) in [7, 11) is 0. The van der Waals surface area contributed by atoms with Crippen molar-refractivity contribution in [3.8, 4) is 0 Å². The van der Waals surface area contributed by atoms with E-state index in [4.69, 9.17) is 11.6 Å². The maximum atomic E-state index is 14.0. The van der Waals surface area contributed by atoms with Crippen molar-refractivity contribution in [1.29, 1.82) is 0 Å². The molecule has 0 saturated carbocycles. The molecule has 0 aliphatic carbocycles. The highest BCUT2D eigenvalue weighted by atomic mass is 79.9. The van der Waals surface area contributed by atoms with Gasteiger partial charge in [0.1, 0.15) is 5.82 Å². The number of aryl methyl sites for hydroxylation is 1. The Hall–Kier alpha value is 0.1000. The first-order valence-electron chi connectivity index (χ1n) is 5.45. The number of benzene rings is 2. The van der Waals surface area contributed by atoms with E-state index in [-0.39, 0.29) is 10.6 Å². The van der Waals surface area contributed by atoms with Crippen molar-refractivity contribution in [1.82, 2.24) is 0 Å². The van der Waals surface area contributed by atoms with Gasteiger partial charge in [-0.15, -0.1) is 0 Å². The van der Waals surface area contributed by atoms with Gasteiger partial charge in [-0.3, -0.25) is 0 Å². The zero-order valence-electron chi connectivity index (χ0n) is 9.85. The minimum Gasteiger partial charge on any atom is -0.207 e. The number of halogens is 5. The van der Waals surface area contributed by atoms with Gasteiger partial charge in [-0.1, -0.05) is 65.5 Å². The van der Waals surface area contributed by atoms with Crippen LogP contribution in [0.1, 0.15) is 21.5 Å². The third-order valence-corrected chi connectivity index (χ3v) is 5.63. The molecule has 1 unspecified atom stereocenters. The molecule has 0 aliphatic heterocycles. The van der Waals surface area contributed by atoms with Gasteiger partial charge in [0.25, 0.3) is 0 Å². The van der Waals surface area contributed by atoms with E-state index in [1.54, 1.807) is 12.1 Å². The van der Waals surface area contributed by atoms with Crippen LogP contribution in [-0.2, 0) is 0 Å². The fourth-order valence-corrected chi connectivity index (χ4v) is 4.37. The van der Waals surface area contributed by atoms with E-state index in [0.29, 0.717) is 10.6 Å². The summed E-state index contributed by atoms with van der Waals surface area (Å²) in [6.45, 7) is 2.00. The molecule has 0 nitrogen and oxygen atoms in total. The topological polar surface area (TPSA) is 0 Å². The maximum Gasteiger partial charge on any atom is 0.129 e. The fourth-order valence-electron chi connectivity index (χ4n) is 1.76. The van der Waals surface area contributed by atoms with Gasteiger partial charge in [0.2, 0.25) is 0 Å². The van der Waals surface area contributed by atoms with Crippen LogP contribution >= 0.6 is 59.4 Å². The molecule has 5 heteroatoms. The third-order valence-electron chi connectivity index (χ3n) is 2.80. The van der Waals surface area contributed by atoms with Crippen molar-refractivity contribution in [2.24, 2.45) is 0 Å². The van der Waals surface area contributed by atoms with Crippen LogP contribution in [0.2, 0.25) is 5.02 Å². The lowest BCUT2D eigenvalue weighted by Gasteiger charge is -2.16. The van der Waals surface area contributed by atoms with Crippen LogP contribution in [0.4, 0.5) is 4.39 Å². The number of alkyl halides is 1. The Labute approximate surface area is 141 Å². The number of rotatable bonds is 2. The molecule has 2 aromatic carbocycles. The van der Waals surface area contributed by atoms with Crippen LogP contribution in [-0.4, -0.2) is 0 Å². The smallest absolute Gasteiger partial charge is 0.129 e. The lowest BCUT2D eigenvalue weighted by molar-refractivity contribution is 0.613. The number of hydrogen-bond donors (Lipinski definition) is 0. The van der Waals surface area contributed by atoms with Gasteiger partial charge >= 0.3 is 0 Å². The summed E-state index contributed by atoms with van der Waals surface area (Å²) >= 11 is 16.6. The predicted molar refractivity (Wildman–Crippen MR) is 88.8 cm³/mol. The Morgan fingerprint density at radius 1 is 1.16 bits per heavy atom. The molecule has 0 radical (unpaired) electrons. The van der Waals surface area contributed by atoms with Crippen LogP contribution in [0, 0.1) is 12.7 Å². The van der Waals surface area contributed by atoms with Crippen LogP contribution < -0.4 is 0 Å². The minimum absolute atomic E-state index is 0.313. The van der Waals surface area contributed by atoms with Gasteiger partial charge in [0.15, 0.2) is 0 Å². The largest absolute Gasteiger partial charge is 0.207 e. The van der Waals surface area contributed by atoms with Gasteiger partial charge < -0.3 is 0 Å². The first kappa shape index (κ1) is 15.5. The van der Waals surface area contributed by atoms with Crippen LogP contribution in [0.15, 0.2) is 39.3 Å². The Bertz CT molecular complexity index is 608. The molecular formula is C14H9Br3ClF. The summed E-state index contributed by atoms with van der Waals surface area (Å²) in [6.07, 6.45) is 0. The SMILES string of the molecule is Cc1cc(Br)c(C(Br)c2c(F)cccc2Cl)cc1Br. The molecule has 0 N–H and O–H groups in total. The van der Waals surface area contributed by atoms with E-state index in [1.165, 1.54) is 6.07 Å². The van der Waals surface area contributed by atoms with E-state index in [9.17, 15) is 4.39 Å². The molecule has 0 spiro atoms. The standard InChI is InChI=1S/C14H9Br3ClF/c1-7-5-10(16)8(6-9(7)15)14(17)13-11(18)3-2-4-12(13)19/h2-6,14H,1H3. The monoisotopic (exact) mass is 468 g/mol. The summed E-state index contributed by atoms with van der Waals surface area (Å²) in [5, 5.41) is 0.408. The minimum atomic E-state index is -0.321. The van der Waals surface area contributed by atoms with Gasteiger partial charge in [-0.2, -0.15) is 0 Å². The van der Waals surface area contributed by atoms with Crippen molar-refractivity contribution in [3.05, 3.63) is 66.8 Å². The van der Waals surface area contributed by atoms with Gasteiger partial charge in [0.05, 0.1) is 4.83 Å². The lowest BCUT2D eigenvalue weighted by atomic mass is 10.0. The molecule has 0 bridgehead atoms.